The van der Waals surface area contributed by atoms with Crippen LogP contribution in [-0.4, -0.2) is 39.3 Å². The van der Waals surface area contributed by atoms with Crippen molar-refractivity contribution in [3.8, 4) is 0 Å². The van der Waals surface area contributed by atoms with E-state index in [1.54, 1.807) is 6.33 Å². The van der Waals surface area contributed by atoms with Gasteiger partial charge in [-0.25, -0.2) is 9.67 Å². The fraction of sp³-hybridized carbons (Fsp3) is 0.778. The minimum absolute atomic E-state index is 0. The summed E-state index contributed by atoms with van der Waals surface area (Å²) in [7, 11) is 0. The molecular weight excluding hydrogens is 235 g/mol. The van der Waals surface area contributed by atoms with Crippen molar-refractivity contribution in [2.24, 2.45) is 0 Å². The molecule has 0 radical (unpaired) electrons. The Balaban J connectivity index is 0.000000562. The molecule has 0 N–H and O–H groups in total. The molecule has 15 heavy (non-hydrogen) atoms. The second-order valence-corrected chi connectivity index (χ2v) is 4.19. The molecule has 86 valence electrons. The molecule has 2 fully saturated rings. The molecule has 2 unspecified atom stereocenters. The molecule has 0 spiro atoms. The molecule has 2 bridgehead atoms. The monoisotopic (exact) mass is 250 g/mol. The Hall–Kier alpha value is -0.320. The van der Waals surface area contributed by atoms with E-state index < -0.39 is 0 Å². The molecule has 2 atom stereocenters. The molecule has 4 nitrogen and oxygen atoms in total. The quantitative estimate of drug-likeness (QED) is 0.754. The van der Waals surface area contributed by atoms with Gasteiger partial charge in [-0.1, -0.05) is 0 Å². The molecule has 2 saturated heterocycles. The second-order valence-electron chi connectivity index (χ2n) is 4.19. The van der Waals surface area contributed by atoms with Gasteiger partial charge < -0.3 is 4.90 Å². The smallest absolute Gasteiger partial charge is 0.137 e. The maximum Gasteiger partial charge on any atom is 0.137 e. The first kappa shape index (κ1) is 12.7. The molecule has 2 aliphatic rings. The van der Waals surface area contributed by atoms with Crippen molar-refractivity contribution in [2.45, 2.75) is 24.8 Å². The van der Waals surface area contributed by atoms with E-state index in [0.717, 1.165) is 0 Å². The lowest BCUT2D eigenvalue weighted by atomic mass is 9.91. The lowest BCUT2D eigenvalue weighted by Crippen LogP contribution is -2.41. The third kappa shape index (κ3) is 1.98. The van der Waals surface area contributed by atoms with Gasteiger partial charge in [-0.2, -0.15) is 5.10 Å². The van der Waals surface area contributed by atoms with Gasteiger partial charge in [-0.3, -0.25) is 0 Å². The zero-order valence-corrected chi connectivity index (χ0v) is 10.1. The van der Waals surface area contributed by atoms with Crippen LogP contribution >= 0.6 is 24.8 Å². The summed E-state index contributed by atoms with van der Waals surface area (Å²) >= 11 is 0. The van der Waals surface area contributed by atoms with Gasteiger partial charge in [0.2, 0.25) is 0 Å². The van der Waals surface area contributed by atoms with Crippen LogP contribution < -0.4 is 0 Å². The van der Waals surface area contributed by atoms with Crippen LogP contribution in [0.25, 0.3) is 0 Å². The second kappa shape index (κ2) is 4.68. The Bertz CT molecular complexity index is 299. The van der Waals surface area contributed by atoms with E-state index in [-0.39, 0.29) is 30.4 Å². The summed E-state index contributed by atoms with van der Waals surface area (Å²) in [4.78, 5) is 6.58. The molecule has 1 aromatic rings. The Morgan fingerprint density at radius 1 is 1.13 bits per heavy atom. The highest BCUT2D eigenvalue weighted by Gasteiger charge is 2.42. The van der Waals surface area contributed by atoms with E-state index in [4.69, 9.17) is 0 Å². The third-order valence-electron chi connectivity index (χ3n) is 3.43. The summed E-state index contributed by atoms with van der Waals surface area (Å²) in [5, 5.41) is 4.29. The Labute approximate surface area is 102 Å². The summed E-state index contributed by atoms with van der Waals surface area (Å²) in [5.74, 6) is 0. The fourth-order valence-electron chi connectivity index (χ4n) is 2.72. The van der Waals surface area contributed by atoms with Crippen LogP contribution in [0.15, 0.2) is 12.7 Å². The third-order valence-corrected chi connectivity index (χ3v) is 3.43. The fourth-order valence-corrected chi connectivity index (χ4v) is 2.72. The van der Waals surface area contributed by atoms with Crippen LogP contribution in [0.5, 0.6) is 0 Å². The predicted octanol–water partition coefficient (Wildman–Crippen LogP) is 1.32. The van der Waals surface area contributed by atoms with Crippen LogP contribution in [-0.2, 0) is 5.54 Å². The summed E-state index contributed by atoms with van der Waals surface area (Å²) in [5.41, 5.74) is 0.286. The number of halogens is 2. The largest absolute Gasteiger partial charge is 0.301 e. The number of fused-ring (bicyclic) bond motifs is 2. The highest BCUT2D eigenvalue weighted by atomic mass is 35.5. The van der Waals surface area contributed by atoms with Crippen LogP contribution in [0.4, 0.5) is 0 Å². The normalized spacial score (nSPS) is 32.9. The SMILES string of the molecule is Cl.Cl.c1ncn(C23CCCN(CC2)C3)n1. The van der Waals surface area contributed by atoms with Crippen molar-refractivity contribution in [3.05, 3.63) is 12.7 Å². The molecule has 1 aromatic heterocycles. The average Bonchev–Trinajstić information content (AvgIpc) is 2.75. The summed E-state index contributed by atoms with van der Waals surface area (Å²) in [6, 6.07) is 0. The van der Waals surface area contributed by atoms with Gasteiger partial charge in [-0.05, 0) is 25.8 Å². The maximum atomic E-state index is 4.29. The first-order valence-corrected chi connectivity index (χ1v) is 4.97. The first-order chi connectivity index (χ1) is 6.39. The van der Waals surface area contributed by atoms with Crippen molar-refractivity contribution in [3.63, 3.8) is 0 Å². The lowest BCUT2D eigenvalue weighted by molar-refractivity contribution is 0.171. The molecular formula is C9H16Cl2N4. The number of rotatable bonds is 1. The number of hydrogen-bond donors (Lipinski definition) is 0. The topological polar surface area (TPSA) is 34.0 Å². The van der Waals surface area contributed by atoms with E-state index in [1.807, 2.05) is 6.33 Å². The molecule has 3 rings (SSSR count). The summed E-state index contributed by atoms with van der Waals surface area (Å²) in [6.07, 6.45) is 7.34. The van der Waals surface area contributed by atoms with E-state index in [9.17, 15) is 0 Å². The first-order valence-electron chi connectivity index (χ1n) is 4.97. The minimum Gasteiger partial charge on any atom is -0.301 e. The number of nitrogens with zero attached hydrogens (tertiary/aromatic N) is 4. The van der Waals surface area contributed by atoms with E-state index >= 15 is 0 Å². The number of aromatic nitrogens is 3. The van der Waals surface area contributed by atoms with Gasteiger partial charge in [0.15, 0.2) is 0 Å². The standard InChI is InChI=1S/C9H14N4.2ClH/c1-2-9(13-8-10-7-11-13)3-5-12(4-1)6-9;;/h7-8H,1-6H2;2*1H. The molecule has 0 saturated carbocycles. The molecule has 0 aromatic carbocycles. The number of piperidine rings is 1. The molecule has 0 aliphatic carbocycles. The molecule has 3 heterocycles. The van der Waals surface area contributed by atoms with Crippen molar-refractivity contribution in [2.75, 3.05) is 19.6 Å². The average molecular weight is 251 g/mol. The van der Waals surface area contributed by atoms with Crippen molar-refractivity contribution in [1.29, 1.82) is 0 Å². The number of hydrogen-bond acceptors (Lipinski definition) is 3. The van der Waals surface area contributed by atoms with Gasteiger partial charge in [0.05, 0.1) is 5.54 Å². The van der Waals surface area contributed by atoms with Crippen LogP contribution in [0.2, 0.25) is 0 Å². The molecule has 6 heteroatoms. The van der Waals surface area contributed by atoms with E-state index in [0.29, 0.717) is 0 Å². The Kier molecular flexibility index (Phi) is 3.98. The van der Waals surface area contributed by atoms with Gasteiger partial charge in [0.25, 0.3) is 0 Å². The van der Waals surface area contributed by atoms with Crippen LogP contribution in [0.1, 0.15) is 19.3 Å². The molecule has 0 amide bonds. The van der Waals surface area contributed by atoms with Crippen molar-refractivity contribution in [1.82, 2.24) is 19.7 Å². The van der Waals surface area contributed by atoms with E-state index in [2.05, 4.69) is 19.7 Å². The van der Waals surface area contributed by atoms with Gasteiger partial charge in [-0.15, -0.1) is 24.8 Å². The maximum absolute atomic E-state index is 4.29. The van der Waals surface area contributed by atoms with E-state index in [1.165, 1.54) is 38.9 Å². The van der Waals surface area contributed by atoms with Crippen LogP contribution in [0.3, 0.4) is 0 Å². The predicted molar refractivity (Wildman–Crippen MR) is 62.8 cm³/mol. The zero-order chi connectivity index (χ0) is 8.73. The summed E-state index contributed by atoms with van der Waals surface area (Å²) < 4.78 is 2.08. The highest BCUT2D eigenvalue weighted by Crippen LogP contribution is 2.36. The van der Waals surface area contributed by atoms with Crippen molar-refractivity contribution >= 4 is 24.8 Å². The van der Waals surface area contributed by atoms with Crippen molar-refractivity contribution < 1.29 is 0 Å². The van der Waals surface area contributed by atoms with Gasteiger partial charge in [0.1, 0.15) is 12.7 Å². The Morgan fingerprint density at radius 2 is 2.00 bits per heavy atom. The van der Waals surface area contributed by atoms with Crippen LogP contribution in [0, 0.1) is 0 Å². The van der Waals surface area contributed by atoms with Gasteiger partial charge in [0, 0.05) is 13.1 Å². The highest BCUT2D eigenvalue weighted by molar-refractivity contribution is 5.85. The van der Waals surface area contributed by atoms with Gasteiger partial charge >= 0.3 is 0 Å². The summed E-state index contributed by atoms with van der Waals surface area (Å²) in [6.45, 7) is 3.69. The minimum atomic E-state index is 0. The molecule has 2 aliphatic heterocycles. The Morgan fingerprint density at radius 3 is 2.73 bits per heavy atom. The lowest BCUT2D eigenvalue weighted by Gasteiger charge is -2.33. The zero-order valence-electron chi connectivity index (χ0n) is 8.50.